The monoisotopic (exact) mass is 513 g/mol. The lowest BCUT2D eigenvalue weighted by Gasteiger charge is -2.32. The van der Waals surface area contributed by atoms with Crippen LogP contribution in [0, 0.1) is 13.8 Å². The van der Waals surface area contributed by atoms with Crippen LogP contribution in [-0.4, -0.2) is 55.2 Å². The van der Waals surface area contributed by atoms with E-state index in [9.17, 15) is 4.79 Å². The number of nitrogens with zero attached hydrogens (tertiary/aromatic N) is 3. The van der Waals surface area contributed by atoms with Crippen LogP contribution in [-0.2, 0) is 9.53 Å². The molecule has 1 saturated heterocycles. The van der Waals surface area contributed by atoms with Crippen LogP contribution in [0.3, 0.4) is 0 Å². The van der Waals surface area contributed by atoms with Crippen LogP contribution in [0.2, 0.25) is 0 Å². The molecule has 0 spiro atoms. The number of carbonyl (C=O) groups excluding carboxylic acids is 1. The smallest absolute Gasteiger partial charge is 0.241 e. The van der Waals surface area contributed by atoms with Gasteiger partial charge in [-0.1, -0.05) is 47.7 Å². The zero-order chi connectivity index (χ0) is 25.4. The predicted molar refractivity (Wildman–Crippen MR) is 148 cm³/mol. The maximum absolute atomic E-state index is 14.5. The predicted octanol–water partition coefficient (Wildman–Crippen LogP) is 5.91. The normalized spacial score (nSPS) is 15.7. The van der Waals surface area contributed by atoms with Crippen molar-refractivity contribution in [3.8, 4) is 11.5 Å². The first-order chi connectivity index (χ1) is 18.1. The molecule has 4 aromatic rings. The molecule has 2 aliphatic heterocycles. The average molecular weight is 514 g/mol. The highest BCUT2D eigenvalue weighted by Crippen LogP contribution is 2.45. The van der Waals surface area contributed by atoms with Crippen LogP contribution in [0.5, 0.6) is 11.5 Å². The van der Waals surface area contributed by atoms with E-state index in [4.69, 9.17) is 14.5 Å². The summed E-state index contributed by atoms with van der Waals surface area (Å²) in [5.74, 6) is 1.07. The summed E-state index contributed by atoms with van der Waals surface area (Å²) in [6.45, 7) is 9.18. The van der Waals surface area contributed by atoms with Gasteiger partial charge in [-0.05, 0) is 55.7 Å². The molecule has 190 valence electrons. The van der Waals surface area contributed by atoms with Crippen molar-refractivity contribution < 1.29 is 14.3 Å². The van der Waals surface area contributed by atoms with Crippen molar-refractivity contribution in [3.05, 3.63) is 82.9 Å². The Labute approximate surface area is 221 Å². The first-order valence-corrected chi connectivity index (χ1v) is 13.7. The van der Waals surface area contributed by atoms with Gasteiger partial charge in [0.15, 0.2) is 5.13 Å². The topological polar surface area (TPSA) is 54.9 Å². The van der Waals surface area contributed by atoms with Crippen molar-refractivity contribution in [2.45, 2.75) is 26.2 Å². The van der Waals surface area contributed by atoms with Crippen LogP contribution >= 0.6 is 11.3 Å². The van der Waals surface area contributed by atoms with Crippen molar-refractivity contribution in [1.29, 1.82) is 0 Å². The van der Waals surface area contributed by atoms with E-state index in [1.807, 2.05) is 53.4 Å². The summed E-state index contributed by atoms with van der Waals surface area (Å²) in [4.78, 5) is 23.8. The van der Waals surface area contributed by atoms with Crippen molar-refractivity contribution in [1.82, 2.24) is 9.88 Å². The number of morpholine rings is 1. The van der Waals surface area contributed by atoms with Gasteiger partial charge in [0.1, 0.15) is 11.5 Å². The third-order valence-electron chi connectivity index (χ3n) is 7.38. The van der Waals surface area contributed by atoms with Gasteiger partial charge in [-0.15, -0.1) is 0 Å². The van der Waals surface area contributed by atoms with Crippen molar-refractivity contribution in [3.63, 3.8) is 0 Å². The standard InChI is InChI=1S/C30H31N3O3S/c1-20-18-24-27(19-21(20)2)37-30(31-24)33(13-7-12-32-14-16-35-17-15-32)29(34)28-22-8-3-5-10-25(22)36-26-11-6-4-9-23(26)28/h3-6,8-11,18-19,28H,7,12-17H2,1-2H3. The van der Waals surface area contributed by atoms with E-state index in [0.29, 0.717) is 6.54 Å². The minimum atomic E-state index is -0.444. The quantitative estimate of drug-likeness (QED) is 0.321. The number of anilines is 1. The second-order valence-electron chi connectivity index (χ2n) is 9.81. The Kier molecular flexibility index (Phi) is 6.67. The molecule has 0 saturated carbocycles. The molecule has 6 rings (SSSR count). The summed E-state index contributed by atoms with van der Waals surface area (Å²) in [7, 11) is 0. The molecule has 1 fully saturated rings. The molecule has 0 N–H and O–H groups in total. The number of para-hydroxylation sites is 2. The molecule has 3 aromatic carbocycles. The van der Waals surface area contributed by atoms with Crippen molar-refractivity contribution in [2.75, 3.05) is 44.3 Å². The maximum atomic E-state index is 14.5. The van der Waals surface area contributed by atoms with Gasteiger partial charge < -0.3 is 9.47 Å². The maximum Gasteiger partial charge on any atom is 0.241 e. The fourth-order valence-corrected chi connectivity index (χ4v) is 6.27. The Bertz CT molecular complexity index is 1360. The first kappa shape index (κ1) is 24.1. The van der Waals surface area contributed by atoms with Gasteiger partial charge in [0.05, 0.1) is 29.3 Å². The Hall–Kier alpha value is -3.26. The number of rotatable bonds is 6. The Morgan fingerprint density at radius 2 is 1.65 bits per heavy atom. The zero-order valence-electron chi connectivity index (χ0n) is 21.3. The summed E-state index contributed by atoms with van der Waals surface area (Å²) in [6.07, 6.45) is 0.867. The number of aromatic nitrogens is 1. The van der Waals surface area contributed by atoms with Gasteiger partial charge in [0.2, 0.25) is 5.91 Å². The second kappa shape index (κ2) is 10.2. The molecule has 6 nitrogen and oxygen atoms in total. The van der Waals surface area contributed by atoms with Gasteiger partial charge >= 0.3 is 0 Å². The SMILES string of the molecule is Cc1cc2nc(N(CCCN3CCOCC3)C(=O)C3c4ccccc4Oc4ccccc43)sc2cc1C. The van der Waals surface area contributed by atoms with Crippen molar-refractivity contribution in [2.24, 2.45) is 0 Å². The third-order valence-corrected chi connectivity index (χ3v) is 8.42. The summed E-state index contributed by atoms with van der Waals surface area (Å²) in [5, 5.41) is 0.758. The fourth-order valence-electron chi connectivity index (χ4n) is 5.19. The molecule has 1 aromatic heterocycles. The van der Waals surface area contributed by atoms with E-state index in [-0.39, 0.29) is 5.91 Å². The number of hydrogen-bond acceptors (Lipinski definition) is 6. The molecule has 2 aliphatic rings. The minimum Gasteiger partial charge on any atom is -0.457 e. The van der Waals surface area contributed by atoms with E-state index in [1.54, 1.807) is 11.3 Å². The fraction of sp³-hybridized carbons (Fsp3) is 0.333. The highest BCUT2D eigenvalue weighted by Gasteiger charge is 2.36. The van der Waals surface area contributed by atoms with Crippen LogP contribution in [0.25, 0.3) is 10.2 Å². The molecular formula is C30H31N3O3S. The summed E-state index contributed by atoms with van der Waals surface area (Å²) < 4.78 is 12.8. The van der Waals surface area contributed by atoms with E-state index in [2.05, 4.69) is 30.9 Å². The number of carbonyl (C=O) groups is 1. The summed E-state index contributed by atoms with van der Waals surface area (Å²) in [5.41, 5.74) is 5.19. The molecule has 0 unspecified atom stereocenters. The molecular weight excluding hydrogens is 482 g/mol. The zero-order valence-corrected chi connectivity index (χ0v) is 22.1. The molecule has 37 heavy (non-hydrogen) atoms. The molecule has 3 heterocycles. The molecule has 0 aliphatic carbocycles. The molecule has 0 radical (unpaired) electrons. The first-order valence-electron chi connectivity index (χ1n) is 12.9. The number of benzene rings is 3. The number of ether oxygens (including phenoxy) is 2. The Morgan fingerprint density at radius 3 is 2.35 bits per heavy atom. The van der Waals surface area contributed by atoms with Crippen LogP contribution in [0.1, 0.15) is 34.6 Å². The molecule has 1 amide bonds. The Balaban J connectivity index is 1.37. The molecule has 0 bridgehead atoms. The number of aryl methyl sites for hydroxylation is 2. The highest BCUT2D eigenvalue weighted by atomic mass is 32.1. The highest BCUT2D eigenvalue weighted by molar-refractivity contribution is 7.22. The lowest BCUT2D eigenvalue weighted by molar-refractivity contribution is -0.119. The van der Waals surface area contributed by atoms with Gasteiger partial charge in [0.25, 0.3) is 0 Å². The van der Waals surface area contributed by atoms with Gasteiger partial charge in [-0.3, -0.25) is 14.6 Å². The van der Waals surface area contributed by atoms with Crippen molar-refractivity contribution >= 4 is 32.6 Å². The number of hydrogen-bond donors (Lipinski definition) is 0. The third kappa shape index (κ3) is 4.75. The number of amides is 1. The molecule has 0 atom stereocenters. The van der Waals surface area contributed by atoms with Crippen LogP contribution in [0.15, 0.2) is 60.7 Å². The lowest BCUT2D eigenvalue weighted by Crippen LogP contribution is -2.40. The van der Waals surface area contributed by atoms with E-state index in [1.165, 1.54) is 11.1 Å². The molecule has 7 heteroatoms. The second-order valence-corrected chi connectivity index (χ2v) is 10.8. The van der Waals surface area contributed by atoms with Gasteiger partial charge in [-0.25, -0.2) is 4.98 Å². The number of thiazole rings is 1. The van der Waals surface area contributed by atoms with Gasteiger partial charge in [0, 0.05) is 37.3 Å². The lowest BCUT2D eigenvalue weighted by atomic mass is 9.87. The van der Waals surface area contributed by atoms with E-state index >= 15 is 0 Å². The van der Waals surface area contributed by atoms with E-state index < -0.39 is 5.92 Å². The summed E-state index contributed by atoms with van der Waals surface area (Å²) in [6, 6.07) is 20.1. The Morgan fingerprint density at radius 1 is 1.00 bits per heavy atom. The van der Waals surface area contributed by atoms with Crippen LogP contribution < -0.4 is 9.64 Å². The number of fused-ring (bicyclic) bond motifs is 3. The average Bonchev–Trinajstić information content (AvgIpc) is 3.32. The largest absolute Gasteiger partial charge is 0.457 e. The summed E-state index contributed by atoms with van der Waals surface area (Å²) >= 11 is 1.60. The van der Waals surface area contributed by atoms with Crippen LogP contribution in [0.4, 0.5) is 5.13 Å². The van der Waals surface area contributed by atoms with E-state index in [0.717, 1.165) is 77.2 Å². The van der Waals surface area contributed by atoms with Gasteiger partial charge in [-0.2, -0.15) is 0 Å². The minimum absolute atomic E-state index is 0.0395.